The van der Waals surface area contributed by atoms with Crippen LogP contribution in [0.15, 0.2) is 52.0 Å². The van der Waals surface area contributed by atoms with Gasteiger partial charge in [0.15, 0.2) is 5.69 Å². The number of anilines is 1. The lowest BCUT2D eigenvalue weighted by Gasteiger charge is -2.18. The molecule has 0 aliphatic carbocycles. The van der Waals surface area contributed by atoms with Crippen LogP contribution in [0.1, 0.15) is 40.9 Å². The van der Waals surface area contributed by atoms with Crippen molar-refractivity contribution in [1.82, 2.24) is 19.5 Å². The van der Waals surface area contributed by atoms with Crippen molar-refractivity contribution in [2.24, 2.45) is 5.41 Å². The second kappa shape index (κ2) is 10.1. The third-order valence-electron chi connectivity index (χ3n) is 5.25. The number of hydrogen-bond donors (Lipinski definition) is 1. The van der Waals surface area contributed by atoms with Crippen LogP contribution in [0.25, 0.3) is 11.4 Å². The fraction of sp³-hybridized carbons (Fsp3) is 0.292. The number of aromatic nitrogens is 4. The quantitative estimate of drug-likeness (QED) is 0.328. The van der Waals surface area contributed by atoms with E-state index < -0.39 is 16.8 Å². The second-order valence-electron chi connectivity index (χ2n) is 8.92. The van der Waals surface area contributed by atoms with Crippen molar-refractivity contribution in [2.45, 2.75) is 33.9 Å². The number of halogens is 1. The number of nitrogens with one attached hydrogen (secondary N) is 1. The third-order valence-corrected chi connectivity index (χ3v) is 6.48. The Balaban J connectivity index is 1.81. The van der Waals surface area contributed by atoms with Gasteiger partial charge in [0.2, 0.25) is 5.78 Å². The molecule has 0 atom stereocenters. The maximum absolute atomic E-state index is 13.3. The van der Waals surface area contributed by atoms with E-state index in [9.17, 15) is 14.4 Å². The number of ether oxygens (including phenoxy) is 1. The minimum absolute atomic E-state index is 0.0843. The van der Waals surface area contributed by atoms with Gasteiger partial charge in [0.25, 0.3) is 11.5 Å². The summed E-state index contributed by atoms with van der Waals surface area (Å²) in [6.07, 6.45) is 1.28. The molecule has 0 saturated heterocycles. The van der Waals surface area contributed by atoms with Gasteiger partial charge in [0.05, 0.1) is 24.5 Å². The molecule has 0 amide bonds. The summed E-state index contributed by atoms with van der Waals surface area (Å²) in [5, 5.41) is 11.4. The Labute approximate surface area is 215 Å². The SMILES string of the molecule is COc1ccc(=O)n(CC(=O)c2ccon2)c1-c1cc(NCc2ccc(Cl)s2)n(C(=O)C(C)(C)C)n1. The van der Waals surface area contributed by atoms with Gasteiger partial charge in [0, 0.05) is 28.5 Å². The molecule has 36 heavy (non-hydrogen) atoms. The number of ketones is 1. The molecule has 12 heteroatoms. The molecular formula is C24H24ClN5O5S. The van der Waals surface area contributed by atoms with Crippen molar-refractivity contribution in [3.8, 4) is 17.1 Å². The van der Waals surface area contributed by atoms with Crippen LogP contribution in [-0.2, 0) is 13.1 Å². The van der Waals surface area contributed by atoms with Gasteiger partial charge in [-0.05, 0) is 18.2 Å². The van der Waals surface area contributed by atoms with Gasteiger partial charge in [-0.25, -0.2) is 0 Å². The summed E-state index contributed by atoms with van der Waals surface area (Å²) in [5.74, 6) is 0.0376. The highest BCUT2D eigenvalue weighted by Gasteiger charge is 2.28. The minimum Gasteiger partial charge on any atom is -0.494 e. The Morgan fingerprint density at radius 2 is 1.97 bits per heavy atom. The fourth-order valence-electron chi connectivity index (χ4n) is 3.45. The van der Waals surface area contributed by atoms with Crippen molar-refractivity contribution in [3.05, 3.63) is 67.9 Å². The fourth-order valence-corrected chi connectivity index (χ4v) is 4.47. The predicted octanol–water partition coefficient (Wildman–Crippen LogP) is 4.60. The van der Waals surface area contributed by atoms with E-state index in [0.29, 0.717) is 22.4 Å². The number of nitrogens with zero attached hydrogens (tertiary/aromatic N) is 4. The zero-order chi connectivity index (χ0) is 26.0. The molecule has 0 radical (unpaired) electrons. The molecule has 1 N–H and O–H groups in total. The average molecular weight is 530 g/mol. The Bertz CT molecular complexity index is 1460. The van der Waals surface area contributed by atoms with Crippen LogP contribution in [0.5, 0.6) is 5.75 Å². The number of pyridine rings is 1. The summed E-state index contributed by atoms with van der Waals surface area (Å²) in [4.78, 5) is 39.8. The molecule has 188 valence electrons. The van der Waals surface area contributed by atoms with Gasteiger partial charge < -0.3 is 14.6 Å². The van der Waals surface area contributed by atoms with E-state index in [1.54, 1.807) is 32.9 Å². The van der Waals surface area contributed by atoms with E-state index in [1.165, 1.54) is 52.2 Å². The number of carbonyl (C=O) groups excluding carboxylic acids is 2. The lowest BCUT2D eigenvalue weighted by molar-refractivity contribution is 0.0752. The summed E-state index contributed by atoms with van der Waals surface area (Å²) >= 11 is 7.46. The van der Waals surface area contributed by atoms with Gasteiger partial charge in [-0.1, -0.05) is 37.5 Å². The molecular weight excluding hydrogens is 506 g/mol. The molecule has 0 fully saturated rings. The van der Waals surface area contributed by atoms with Crippen molar-refractivity contribution in [1.29, 1.82) is 0 Å². The summed E-state index contributed by atoms with van der Waals surface area (Å²) in [5.41, 5.74) is -0.565. The van der Waals surface area contributed by atoms with Crippen LogP contribution < -0.4 is 15.6 Å². The Morgan fingerprint density at radius 3 is 2.58 bits per heavy atom. The van der Waals surface area contributed by atoms with E-state index in [1.807, 2.05) is 6.07 Å². The van der Waals surface area contributed by atoms with Crippen molar-refractivity contribution in [2.75, 3.05) is 12.4 Å². The van der Waals surface area contributed by atoms with Gasteiger partial charge >= 0.3 is 0 Å². The standard InChI is InChI=1S/C24H24ClN5O5S/c1-24(2,3)23(33)30-20(26-12-14-5-7-19(25)36-14)11-16(27-30)22-18(34-4)6-8-21(32)29(22)13-17(31)15-9-10-35-28-15/h5-11,26H,12-13H2,1-4H3. The lowest BCUT2D eigenvalue weighted by atomic mass is 9.96. The van der Waals surface area contributed by atoms with E-state index in [-0.39, 0.29) is 29.5 Å². The Kier molecular flexibility index (Phi) is 7.14. The topological polar surface area (TPSA) is 121 Å². The zero-order valence-electron chi connectivity index (χ0n) is 20.1. The summed E-state index contributed by atoms with van der Waals surface area (Å²) in [6, 6.07) is 9.55. The number of hydrogen-bond acceptors (Lipinski definition) is 9. The number of methoxy groups -OCH3 is 1. The van der Waals surface area contributed by atoms with E-state index in [4.69, 9.17) is 20.9 Å². The van der Waals surface area contributed by atoms with Crippen molar-refractivity contribution >= 4 is 40.4 Å². The summed E-state index contributed by atoms with van der Waals surface area (Å²) in [7, 11) is 1.45. The highest BCUT2D eigenvalue weighted by atomic mass is 35.5. The number of rotatable bonds is 8. The lowest BCUT2D eigenvalue weighted by Crippen LogP contribution is -2.29. The van der Waals surface area contributed by atoms with E-state index in [2.05, 4.69) is 15.6 Å². The number of carbonyl (C=O) groups is 2. The van der Waals surface area contributed by atoms with Crippen LogP contribution in [0.2, 0.25) is 4.34 Å². The number of thiophene rings is 1. The molecule has 4 rings (SSSR count). The van der Waals surface area contributed by atoms with Crippen molar-refractivity contribution < 1.29 is 18.8 Å². The zero-order valence-corrected chi connectivity index (χ0v) is 21.6. The molecule has 0 aliphatic heterocycles. The van der Waals surface area contributed by atoms with Crippen LogP contribution in [0.4, 0.5) is 5.82 Å². The first-order valence-electron chi connectivity index (χ1n) is 10.9. The molecule has 0 aliphatic rings. The first-order valence-corrected chi connectivity index (χ1v) is 12.1. The summed E-state index contributed by atoms with van der Waals surface area (Å²) < 4.78 is 13.4. The first kappa shape index (κ1) is 25.4. The average Bonchev–Trinajstić information content (AvgIpc) is 3.59. The van der Waals surface area contributed by atoms with Gasteiger partial charge in [-0.15, -0.1) is 11.3 Å². The first-order chi connectivity index (χ1) is 17.1. The smallest absolute Gasteiger partial charge is 0.254 e. The molecule has 4 heterocycles. The van der Waals surface area contributed by atoms with Gasteiger partial charge in [0.1, 0.15) is 29.2 Å². The molecule has 0 spiro atoms. The third kappa shape index (κ3) is 5.26. The maximum Gasteiger partial charge on any atom is 0.254 e. The molecule has 4 aromatic rings. The maximum atomic E-state index is 13.3. The van der Waals surface area contributed by atoms with Crippen LogP contribution >= 0.6 is 22.9 Å². The van der Waals surface area contributed by atoms with Crippen molar-refractivity contribution in [3.63, 3.8) is 0 Å². The summed E-state index contributed by atoms with van der Waals surface area (Å²) in [6.45, 7) is 5.44. The number of Topliss-reactive ketones (excluding diaryl/α,β-unsaturated/α-hetero) is 1. The molecule has 0 unspecified atom stereocenters. The van der Waals surface area contributed by atoms with Crippen LogP contribution in [0.3, 0.4) is 0 Å². The normalized spacial score (nSPS) is 11.5. The van der Waals surface area contributed by atoms with Gasteiger partial charge in [-0.3, -0.25) is 19.0 Å². The Morgan fingerprint density at radius 1 is 1.19 bits per heavy atom. The monoisotopic (exact) mass is 529 g/mol. The largest absolute Gasteiger partial charge is 0.494 e. The van der Waals surface area contributed by atoms with Gasteiger partial charge in [-0.2, -0.15) is 9.78 Å². The molecule has 0 saturated carbocycles. The minimum atomic E-state index is -0.741. The molecule has 0 aromatic carbocycles. The predicted molar refractivity (Wildman–Crippen MR) is 136 cm³/mol. The second-order valence-corrected chi connectivity index (χ2v) is 10.7. The molecule has 10 nitrogen and oxygen atoms in total. The molecule has 4 aromatic heterocycles. The van der Waals surface area contributed by atoms with Crippen LogP contribution in [0, 0.1) is 5.41 Å². The van der Waals surface area contributed by atoms with Crippen LogP contribution in [-0.4, -0.2) is 38.3 Å². The highest BCUT2D eigenvalue weighted by molar-refractivity contribution is 7.16. The van der Waals surface area contributed by atoms with E-state index in [0.717, 1.165) is 4.88 Å². The highest BCUT2D eigenvalue weighted by Crippen LogP contribution is 2.32. The molecule has 0 bridgehead atoms. The van der Waals surface area contributed by atoms with E-state index >= 15 is 0 Å². The Hall–Kier alpha value is -3.70.